The van der Waals surface area contributed by atoms with Crippen LogP contribution < -0.4 is 5.73 Å². The summed E-state index contributed by atoms with van der Waals surface area (Å²) in [6, 6.07) is 9.57. The molecule has 29 heavy (non-hydrogen) atoms. The molecule has 0 atom stereocenters. The van der Waals surface area contributed by atoms with E-state index < -0.39 is 0 Å². The molecule has 1 saturated heterocycles. The van der Waals surface area contributed by atoms with Gasteiger partial charge in [-0.1, -0.05) is 43.0 Å². The summed E-state index contributed by atoms with van der Waals surface area (Å²) in [7, 11) is 0. The predicted molar refractivity (Wildman–Crippen MR) is 121 cm³/mol. The standard InChI is InChI=1S/C22H23ClN4OS/c1-14(15-6-5-7-16(24)12-15)20-21(28)27(17-8-3-2-4-9-17)22(29-20)26-19-10-11-25-13-18(19)23/h5-7,10-13,17H,2-4,8-9,24H2,1H3/b20-14-,26-22?. The number of rotatable bonds is 3. The van der Waals surface area contributed by atoms with Crippen LogP contribution in [0.15, 0.2) is 52.6 Å². The van der Waals surface area contributed by atoms with Crippen LogP contribution in [-0.4, -0.2) is 27.0 Å². The first kappa shape index (κ1) is 20.0. The summed E-state index contributed by atoms with van der Waals surface area (Å²) in [5.41, 5.74) is 9.12. The van der Waals surface area contributed by atoms with Crippen molar-refractivity contribution < 1.29 is 4.79 Å². The maximum absolute atomic E-state index is 13.5. The number of allylic oxidation sites excluding steroid dienone is 1. The van der Waals surface area contributed by atoms with Gasteiger partial charge in [-0.2, -0.15) is 0 Å². The lowest BCUT2D eigenvalue weighted by Crippen LogP contribution is -2.40. The molecule has 7 heteroatoms. The van der Waals surface area contributed by atoms with Crippen molar-refractivity contribution in [3.63, 3.8) is 0 Å². The second kappa shape index (κ2) is 8.59. The van der Waals surface area contributed by atoms with Crippen molar-refractivity contribution >= 4 is 51.4 Å². The van der Waals surface area contributed by atoms with Gasteiger partial charge in [-0.3, -0.25) is 14.7 Å². The van der Waals surface area contributed by atoms with Gasteiger partial charge in [-0.25, -0.2) is 4.99 Å². The molecule has 1 aliphatic carbocycles. The highest BCUT2D eigenvalue weighted by Crippen LogP contribution is 2.41. The quantitative estimate of drug-likeness (QED) is 0.508. The summed E-state index contributed by atoms with van der Waals surface area (Å²) in [4.78, 5) is 24.8. The van der Waals surface area contributed by atoms with Gasteiger partial charge in [-0.15, -0.1) is 0 Å². The maximum Gasteiger partial charge on any atom is 0.267 e. The number of halogens is 1. The summed E-state index contributed by atoms with van der Waals surface area (Å²) in [5.74, 6) is 0.0192. The normalized spacial score (nSPS) is 21.1. The van der Waals surface area contributed by atoms with E-state index in [1.807, 2.05) is 36.1 Å². The van der Waals surface area contributed by atoms with Gasteiger partial charge in [-0.05, 0) is 60.9 Å². The van der Waals surface area contributed by atoms with Crippen LogP contribution in [0.2, 0.25) is 5.02 Å². The number of thioether (sulfide) groups is 1. The topological polar surface area (TPSA) is 71.6 Å². The Morgan fingerprint density at radius 1 is 1.28 bits per heavy atom. The summed E-state index contributed by atoms with van der Waals surface area (Å²) in [6.07, 6.45) is 8.72. The minimum atomic E-state index is 0.0192. The smallest absolute Gasteiger partial charge is 0.267 e. The van der Waals surface area contributed by atoms with Gasteiger partial charge in [0.05, 0.1) is 15.6 Å². The zero-order valence-corrected chi connectivity index (χ0v) is 17.8. The third-order valence-corrected chi connectivity index (χ3v) is 6.83. The number of benzene rings is 1. The molecule has 4 rings (SSSR count). The molecule has 0 radical (unpaired) electrons. The van der Waals surface area contributed by atoms with Crippen molar-refractivity contribution in [3.05, 3.63) is 58.2 Å². The number of carbonyl (C=O) groups excluding carboxylic acids is 1. The zero-order chi connectivity index (χ0) is 20.4. The Labute approximate surface area is 180 Å². The van der Waals surface area contributed by atoms with E-state index in [1.54, 1.807) is 18.5 Å². The number of pyridine rings is 1. The average molecular weight is 427 g/mol. The molecule has 2 heterocycles. The molecule has 2 N–H and O–H groups in total. The first-order chi connectivity index (χ1) is 14.0. The Balaban J connectivity index is 1.77. The molecule has 2 aliphatic rings. The van der Waals surface area contributed by atoms with Crippen molar-refractivity contribution in [3.8, 4) is 0 Å². The van der Waals surface area contributed by atoms with Crippen LogP contribution >= 0.6 is 23.4 Å². The van der Waals surface area contributed by atoms with Gasteiger partial charge in [0.1, 0.15) is 0 Å². The molecule has 2 fully saturated rings. The average Bonchev–Trinajstić information content (AvgIpc) is 3.05. The van der Waals surface area contributed by atoms with Crippen LogP contribution in [-0.2, 0) is 4.79 Å². The van der Waals surface area contributed by atoms with Gasteiger partial charge >= 0.3 is 0 Å². The maximum atomic E-state index is 13.5. The van der Waals surface area contributed by atoms with E-state index in [0.717, 1.165) is 36.8 Å². The minimum absolute atomic E-state index is 0.0192. The van der Waals surface area contributed by atoms with E-state index >= 15 is 0 Å². The van der Waals surface area contributed by atoms with E-state index in [9.17, 15) is 4.79 Å². The fraction of sp³-hybridized carbons (Fsp3) is 0.318. The molecule has 150 valence electrons. The third kappa shape index (κ3) is 4.19. The SMILES string of the molecule is C/C(=C1/SC(=Nc2ccncc2Cl)N(C2CCCCC2)C1=O)c1cccc(N)c1. The van der Waals surface area contributed by atoms with Crippen LogP contribution in [0.3, 0.4) is 0 Å². The van der Waals surface area contributed by atoms with Crippen molar-refractivity contribution in [2.75, 3.05) is 5.73 Å². The summed E-state index contributed by atoms with van der Waals surface area (Å²) < 4.78 is 0. The molecule has 0 bridgehead atoms. The van der Waals surface area contributed by atoms with Crippen molar-refractivity contribution in [1.29, 1.82) is 0 Å². The van der Waals surface area contributed by atoms with Crippen molar-refractivity contribution in [1.82, 2.24) is 9.88 Å². The number of carbonyl (C=O) groups is 1. The number of nitrogens with zero attached hydrogens (tertiary/aromatic N) is 3. The number of hydrogen-bond acceptors (Lipinski definition) is 5. The Morgan fingerprint density at radius 2 is 2.07 bits per heavy atom. The van der Waals surface area contributed by atoms with Crippen LogP contribution in [0.5, 0.6) is 0 Å². The summed E-state index contributed by atoms with van der Waals surface area (Å²) >= 11 is 7.70. The number of nitrogen functional groups attached to an aromatic ring is 1. The second-order valence-corrected chi connectivity index (χ2v) is 8.75. The first-order valence-corrected chi connectivity index (χ1v) is 11.0. The molecule has 5 nitrogen and oxygen atoms in total. The molecule has 1 aromatic carbocycles. The van der Waals surface area contributed by atoms with Crippen LogP contribution in [0.1, 0.15) is 44.6 Å². The Hall–Kier alpha value is -2.31. The van der Waals surface area contributed by atoms with Gasteiger partial charge in [0.15, 0.2) is 5.17 Å². The lowest BCUT2D eigenvalue weighted by Gasteiger charge is -2.30. The Kier molecular flexibility index (Phi) is 5.92. The molecule has 1 saturated carbocycles. The fourth-order valence-corrected chi connectivity index (χ4v) is 5.09. The fourth-order valence-electron chi connectivity index (χ4n) is 3.82. The lowest BCUT2D eigenvalue weighted by atomic mass is 9.94. The number of aliphatic imine (C=N–C) groups is 1. The third-order valence-electron chi connectivity index (χ3n) is 5.38. The molecule has 1 amide bonds. The minimum Gasteiger partial charge on any atom is -0.399 e. The van der Waals surface area contributed by atoms with Gasteiger partial charge in [0, 0.05) is 24.1 Å². The molecule has 0 spiro atoms. The summed E-state index contributed by atoms with van der Waals surface area (Å²) in [6.45, 7) is 1.97. The van der Waals surface area contributed by atoms with Crippen molar-refractivity contribution in [2.24, 2.45) is 4.99 Å². The molecule has 2 aromatic rings. The monoisotopic (exact) mass is 426 g/mol. The van der Waals surface area contributed by atoms with Gasteiger partial charge in [0.25, 0.3) is 5.91 Å². The van der Waals surface area contributed by atoms with E-state index in [4.69, 9.17) is 22.3 Å². The molecular formula is C22H23ClN4OS. The van der Waals surface area contributed by atoms with E-state index in [2.05, 4.69) is 4.98 Å². The number of amidine groups is 1. The van der Waals surface area contributed by atoms with E-state index in [-0.39, 0.29) is 11.9 Å². The van der Waals surface area contributed by atoms with Crippen LogP contribution in [0.4, 0.5) is 11.4 Å². The lowest BCUT2D eigenvalue weighted by molar-refractivity contribution is -0.124. The highest BCUT2D eigenvalue weighted by molar-refractivity contribution is 8.18. The Morgan fingerprint density at radius 3 is 2.79 bits per heavy atom. The van der Waals surface area contributed by atoms with E-state index in [1.165, 1.54) is 18.2 Å². The molecule has 1 aromatic heterocycles. The number of anilines is 1. The first-order valence-electron chi connectivity index (χ1n) is 9.81. The number of hydrogen-bond donors (Lipinski definition) is 1. The highest BCUT2D eigenvalue weighted by Gasteiger charge is 2.39. The van der Waals surface area contributed by atoms with Crippen LogP contribution in [0, 0.1) is 0 Å². The number of aromatic nitrogens is 1. The van der Waals surface area contributed by atoms with Gasteiger partial charge < -0.3 is 5.73 Å². The molecular weight excluding hydrogens is 404 g/mol. The van der Waals surface area contributed by atoms with E-state index in [0.29, 0.717) is 26.5 Å². The van der Waals surface area contributed by atoms with Crippen LogP contribution in [0.25, 0.3) is 5.57 Å². The highest BCUT2D eigenvalue weighted by atomic mass is 35.5. The Bertz CT molecular complexity index is 998. The van der Waals surface area contributed by atoms with Crippen molar-refractivity contribution in [2.45, 2.75) is 45.1 Å². The zero-order valence-electron chi connectivity index (χ0n) is 16.3. The second-order valence-electron chi connectivity index (χ2n) is 7.37. The summed E-state index contributed by atoms with van der Waals surface area (Å²) in [5, 5.41) is 1.16. The number of amides is 1. The number of nitrogens with two attached hydrogens (primary N) is 1. The predicted octanol–water partition coefficient (Wildman–Crippen LogP) is 5.64. The van der Waals surface area contributed by atoms with Gasteiger partial charge in [0.2, 0.25) is 0 Å². The molecule has 1 aliphatic heterocycles. The molecule has 0 unspecified atom stereocenters. The largest absolute Gasteiger partial charge is 0.399 e.